The molecule has 9 heteroatoms. The van der Waals surface area contributed by atoms with Crippen molar-refractivity contribution >= 4 is 15.9 Å². The van der Waals surface area contributed by atoms with Crippen molar-refractivity contribution in [3.63, 3.8) is 0 Å². The highest BCUT2D eigenvalue weighted by atomic mass is 32.2. The van der Waals surface area contributed by atoms with Crippen molar-refractivity contribution in [3.05, 3.63) is 60.2 Å². The quantitative estimate of drug-likeness (QED) is 0.594. The standard InChI is InChI=1S/C25H34N4O4S/c1-21(27-14-12-26(13-15-27)20-22-8-10-23(33-2)11-9-22)25(30)28-16-18-29(19-17-28)34(31,32)24-6-4-3-5-7-24/h3-11,21H,12-20H2,1-2H3. The van der Waals surface area contributed by atoms with Crippen molar-refractivity contribution in [3.8, 4) is 5.75 Å². The average molecular weight is 487 g/mol. The van der Waals surface area contributed by atoms with Crippen LogP contribution in [0.3, 0.4) is 0 Å². The van der Waals surface area contributed by atoms with Gasteiger partial charge in [-0.15, -0.1) is 0 Å². The number of nitrogens with zero attached hydrogens (tertiary/aromatic N) is 4. The van der Waals surface area contributed by atoms with Crippen LogP contribution in [0.25, 0.3) is 0 Å². The summed E-state index contributed by atoms with van der Waals surface area (Å²) in [6.45, 7) is 7.85. The summed E-state index contributed by atoms with van der Waals surface area (Å²) in [6, 6.07) is 16.4. The van der Waals surface area contributed by atoms with E-state index < -0.39 is 10.0 Å². The summed E-state index contributed by atoms with van der Waals surface area (Å²) in [6.07, 6.45) is 0. The number of amides is 1. The summed E-state index contributed by atoms with van der Waals surface area (Å²) >= 11 is 0. The molecule has 1 unspecified atom stereocenters. The number of hydrogen-bond acceptors (Lipinski definition) is 6. The topological polar surface area (TPSA) is 73.4 Å². The van der Waals surface area contributed by atoms with Gasteiger partial charge in [0.15, 0.2) is 0 Å². The van der Waals surface area contributed by atoms with Crippen LogP contribution in [0.2, 0.25) is 0 Å². The van der Waals surface area contributed by atoms with Gasteiger partial charge in [0.1, 0.15) is 5.75 Å². The number of benzene rings is 2. The van der Waals surface area contributed by atoms with E-state index >= 15 is 0 Å². The average Bonchev–Trinajstić information content (AvgIpc) is 2.89. The first-order valence-corrected chi connectivity index (χ1v) is 13.3. The molecule has 2 aliphatic heterocycles. The fraction of sp³-hybridized carbons (Fsp3) is 0.480. The SMILES string of the molecule is COc1ccc(CN2CCN(C(C)C(=O)N3CCN(S(=O)(=O)c4ccccc4)CC3)CC2)cc1. The zero-order valence-electron chi connectivity index (χ0n) is 20.0. The molecule has 2 heterocycles. The Morgan fingerprint density at radius 1 is 0.882 bits per heavy atom. The van der Waals surface area contributed by atoms with E-state index in [0.717, 1.165) is 38.5 Å². The number of sulfonamides is 1. The van der Waals surface area contributed by atoms with Gasteiger partial charge in [0.2, 0.25) is 15.9 Å². The maximum atomic E-state index is 13.1. The van der Waals surface area contributed by atoms with Crippen molar-refractivity contribution in [2.24, 2.45) is 0 Å². The molecule has 1 amide bonds. The molecule has 1 atom stereocenters. The first kappa shape index (κ1) is 24.7. The van der Waals surface area contributed by atoms with Crippen LogP contribution in [0.4, 0.5) is 0 Å². The Hall–Kier alpha value is -2.46. The minimum absolute atomic E-state index is 0.0837. The molecule has 2 fully saturated rings. The Bertz CT molecular complexity index is 1050. The van der Waals surface area contributed by atoms with E-state index in [1.54, 1.807) is 37.4 Å². The second kappa shape index (κ2) is 10.9. The predicted octanol–water partition coefficient (Wildman–Crippen LogP) is 1.73. The van der Waals surface area contributed by atoms with Crippen molar-refractivity contribution < 1.29 is 17.9 Å². The van der Waals surface area contributed by atoms with Crippen LogP contribution in [0.15, 0.2) is 59.5 Å². The molecule has 2 aromatic carbocycles. The van der Waals surface area contributed by atoms with Crippen LogP contribution in [-0.2, 0) is 21.4 Å². The van der Waals surface area contributed by atoms with Gasteiger partial charge in [0, 0.05) is 58.9 Å². The molecule has 34 heavy (non-hydrogen) atoms. The number of methoxy groups -OCH3 is 1. The second-order valence-electron chi connectivity index (χ2n) is 8.88. The van der Waals surface area contributed by atoms with Gasteiger partial charge < -0.3 is 9.64 Å². The minimum Gasteiger partial charge on any atom is -0.497 e. The van der Waals surface area contributed by atoms with Gasteiger partial charge in [-0.1, -0.05) is 30.3 Å². The maximum Gasteiger partial charge on any atom is 0.243 e. The second-order valence-corrected chi connectivity index (χ2v) is 10.8. The van der Waals surface area contributed by atoms with Crippen molar-refractivity contribution in [2.75, 3.05) is 59.5 Å². The lowest BCUT2D eigenvalue weighted by Crippen LogP contribution is -2.57. The highest BCUT2D eigenvalue weighted by molar-refractivity contribution is 7.89. The minimum atomic E-state index is -3.52. The summed E-state index contributed by atoms with van der Waals surface area (Å²) in [4.78, 5) is 19.9. The lowest BCUT2D eigenvalue weighted by Gasteiger charge is -2.40. The predicted molar refractivity (Wildman–Crippen MR) is 131 cm³/mol. The molecular formula is C25H34N4O4S. The number of rotatable bonds is 7. The third-order valence-corrected chi connectivity index (χ3v) is 8.72. The van der Waals surface area contributed by atoms with Gasteiger partial charge in [-0.2, -0.15) is 4.31 Å². The third kappa shape index (κ3) is 5.60. The highest BCUT2D eigenvalue weighted by Gasteiger charge is 2.33. The molecule has 184 valence electrons. The molecule has 0 saturated carbocycles. The molecule has 2 aromatic rings. The Balaban J connectivity index is 1.25. The first-order valence-electron chi connectivity index (χ1n) is 11.8. The fourth-order valence-electron chi connectivity index (χ4n) is 4.61. The van der Waals surface area contributed by atoms with Gasteiger partial charge in [0.05, 0.1) is 18.0 Å². The zero-order chi connectivity index (χ0) is 24.1. The number of hydrogen-bond donors (Lipinski definition) is 0. The first-order chi connectivity index (χ1) is 16.4. The van der Waals surface area contributed by atoms with Crippen LogP contribution in [0, 0.1) is 0 Å². The van der Waals surface area contributed by atoms with Crippen molar-refractivity contribution in [1.29, 1.82) is 0 Å². The van der Waals surface area contributed by atoms with E-state index in [4.69, 9.17) is 4.74 Å². The van der Waals surface area contributed by atoms with Crippen LogP contribution in [0.1, 0.15) is 12.5 Å². The normalized spacial score (nSPS) is 19.6. The lowest BCUT2D eigenvalue weighted by atomic mass is 10.1. The number of carbonyl (C=O) groups excluding carboxylic acids is 1. The zero-order valence-corrected chi connectivity index (χ0v) is 20.8. The summed E-state index contributed by atoms with van der Waals surface area (Å²) in [5.74, 6) is 0.944. The van der Waals surface area contributed by atoms with E-state index in [9.17, 15) is 13.2 Å². The Kier molecular flexibility index (Phi) is 7.88. The van der Waals surface area contributed by atoms with Gasteiger partial charge in [-0.25, -0.2) is 8.42 Å². The van der Waals surface area contributed by atoms with Gasteiger partial charge in [-0.05, 0) is 36.8 Å². The number of carbonyl (C=O) groups is 1. The summed E-state index contributed by atoms with van der Waals surface area (Å²) in [5.41, 5.74) is 1.25. The molecular weight excluding hydrogens is 452 g/mol. The molecule has 0 N–H and O–H groups in total. The molecule has 0 aromatic heterocycles. The Labute approximate surface area is 202 Å². The monoisotopic (exact) mass is 486 g/mol. The lowest BCUT2D eigenvalue weighted by molar-refractivity contribution is -0.138. The third-order valence-electron chi connectivity index (χ3n) is 6.81. The molecule has 8 nitrogen and oxygen atoms in total. The molecule has 0 spiro atoms. The number of piperazine rings is 2. The molecule has 0 radical (unpaired) electrons. The fourth-order valence-corrected chi connectivity index (χ4v) is 6.05. The van der Waals surface area contributed by atoms with Crippen LogP contribution >= 0.6 is 0 Å². The van der Waals surface area contributed by atoms with E-state index in [-0.39, 0.29) is 11.9 Å². The van der Waals surface area contributed by atoms with Crippen molar-refractivity contribution in [1.82, 2.24) is 19.0 Å². The van der Waals surface area contributed by atoms with Gasteiger partial charge in [0.25, 0.3) is 0 Å². The van der Waals surface area contributed by atoms with Crippen LogP contribution in [0.5, 0.6) is 5.75 Å². The van der Waals surface area contributed by atoms with Gasteiger partial charge >= 0.3 is 0 Å². The highest BCUT2D eigenvalue weighted by Crippen LogP contribution is 2.19. The molecule has 2 saturated heterocycles. The summed E-state index contributed by atoms with van der Waals surface area (Å²) < 4.78 is 32.4. The maximum absolute atomic E-state index is 13.1. The van der Waals surface area contributed by atoms with Gasteiger partial charge in [-0.3, -0.25) is 14.6 Å². The van der Waals surface area contributed by atoms with E-state index in [1.165, 1.54) is 9.87 Å². The van der Waals surface area contributed by atoms with Crippen LogP contribution in [-0.4, -0.2) is 98.8 Å². The van der Waals surface area contributed by atoms with Crippen molar-refractivity contribution in [2.45, 2.75) is 24.4 Å². The Morgan fingerprint density at radius 3 is 2.09 bits per heavy atom. The Morgan fingerprint density at radius 2 is 1.50 bits per heavy atom. The largest absolute Gasteiger partial charge is 0.497 e. The summed E-state index contributed by atoms with van der Waals surface area (Å²) in [7, 11) is -1.85. The van der Waals surface area contributed by atoms with Crippen LogP contribution < -0.4 is 4.74 Å². The summed E-state index contributed by atoms with van der Waals surface area (Å²) in [5, 5.41) is 0. The molecule has 0 aliphatic carbocycles. The molecule has 0 bridgehead atoms. The smallest absolute Gasteiger partial charge is 0.243 e. The molecule has 2 aliphatic rings. The van der Waals surface area contributed by atoms with E-state index in [2.05, 4.69) is 21.9 Å². The van der Waals surface area contributed by atoms with E-state index in [0.29, 0.717) is 31.1 Å². The molecule has 4 rings (SSSR count). The number of ether oxygens (including phenoxy) is 1. The van der Waals surface area contributed by atoms with E-state index in [1.807, 2.05) is 24.0 Å².